The van der Waals surface area contributed by atoms with E-state index in [1.165, 1.54) is 115 Å². The van der Waals surface area contributed by atoms with Gasteiger partial charge in [0.25, 0.3) is 0 Å². The summed E-state index contributed by atoms with van der Waals surface area (Å²) in [5.41, 5.74) is 11.7. The lowest BCUT2D eigenvalue weighted by atomic mass is 9.84. The fourth-order valence-corrected chi connectivity index (χ4v) is 10.9. The molecule has 0 amide bonds. The molecule has 0 aromatic heterocycles. The predicted octanol–water partition coefficient (Wildman–Crippen LogP) is 13.6. The topological polar surface area (TPSA) is 86.7 Å². The third kappa shape index (κ3) is 7.32. The van der Waals surface area contributed by atoms with Gasteiger partial charge in [-0.3, -0.25) is 0 Å². The number of carbonyl (C=O) groups excluding carboxylic acids is 2. The van der Waals surface area contributed by atoms with Crippen molar-refractivity contribution in [3.8, 4) is 28.0 Å². The zero-order valence-electron chi connectivity index (χ0n) is 36.6. The summed E-state index contributed by atoms with van der Waals surface area (Å²) in [5, 5.41) is 9.19. The molecule has 312 valence electrons. The Morgan fingerprint density at radius 1 is 0.413 bits per heavy atom. The van der Waals surface area contributed by atoms with E-state index < -0.39 is 21.8 Å². The lowest BCUT2D eigenvalue weighted by Gasteiger charge is -2.20. The molecule has 0 saturated heterocycles. The Morgan fingerprint density at radius 3 is 1.54 bits per heavy atom. The Hall–Kier alpha value is -7.09. The zero-order chi connectivity index (χ0) is 44.5. The summed E-state index contributed by atoms with van der Waals surface area (Å²) < 4.78 is 38.2. The molecule has 9 aromatic carbocycles. The maximum atomic E-state index is 13.7. The van der Waals surface area contributed by atoms with Gasteiger partial charge < -0.3 is 9.47 Å². The van der Waals surface area contributed by atoms with Crippen LogP contribution in [-0.2, 0) is 14.6 Å². The second kappa shape index (κ2) is 15.7. The lowest BCUT2D eigenvalue weighted by molar-refractivity contribution is 0.0600. The van der Waals surface area contributed by atoms with Gasteiger partial charge in [0, 0.05) is 0 Å². The molecule has 0 aliphatic rings. The van der Waals surface area contributed by atoms with Crippen molar-refractivity contribution in [3.05, 3.63) is 184 Å². The van der Waals surface area contributed by atoms with Gasteiger partial charge in [-0.1, -0.05) is 89.5 Å². The molecule has 9 aromatic rings. The third-order valence-corrected chi connectivity index (χ3v) is 14.3. The van der Waals surface area contributed by atoms with Gasteiger partial charge in [0.1, 0.15) is 5.75 Å². The number of sulfone groups is 1. The van der Waals surface area contributed by atoms with Crippen molar-refractivity contribution in [2.24, 2.45) is 0 Å². The minimum absolute atomic E-state index is 0.0602. The molecule has 0 fully saturated rings. The van der Waals surface area contributed by atoms with E-state index in [1.807, 2.05) is 19.1 Å². The van der Waals surface area contributed by atoms with E-state index in [-0.39, 0.29) is 20.9 Å². The van der Waals surface area contributed by atoms with E-state index in [9.17, 15) is 18.0 Å². The number of aryl methyl sites for hydroxylation is 7. The zero-order valence-corrected chi connectivity index (χ0v) is 37.4. The molecule has 0 atom stereocenters. The van der Waals surface area contributed by atoms with Crippen LogP contribution in [0, 0.1) is 48.5 Å². The Balaban J connectivity index is 1.07. The van der Waals surface area contributed by atoms with Crippen LogP contribution in [-0.4, -0.2) is 27.5 Å². The molecular formula is C56H46O6S. The van der Waals surface area contributed by atoms with Gasteiger partial charge in [-0.2, -0.15) is 0 Å². The van der Waals surface area contributed by atoms with Gasteiger partial charge in [0.2, 0.25) is 9.84 Å². The summed E-state index contributed by atoms with van der Waals surface area (Å²) in [6, 6.07) is 44.0. The highest BCUT2D eigenvalue weighted by Crippen LogP contribution is 2.46. The molecule has 0 aliphatic carbocycles. The molecule has 0 spiro atoms. The summed E-state index contributed by atoms with van der Waals surface area (Å²) in [6.07, 6.45) is 0. The second-order valence-electron chi connectivity index (χ2n) is 16.9. The smallest absolute Gasteiger partial charge is 0.343 e. The Bertz CT molecular complexity index is 3540. The maximum absolute atomic E-state index is 13.7. The van der Waals surface area contributed by atoms with E-state index in [2.05, 4.69) is 113 Å². The van der Waals surface area contributed by atoms with E-state index in [0.717, 1.165) is 21.9 Å². The van der Waals surface area contributed by atoms with Gasteiger partial charge in [-0.05, 0) is 197 Å². The number of benzene rings is 9. The molecule has 0 N–H and O–H groups in total. The van der Waals surface area contributed by atoms with Crippen LogP contribution in [0.4, 0.5) is 0 Å². The first-order valence-corrected chi connectivity index (χ1v) is 22.4. The summed E-state index contributed by atoms with van der Waals surface area (Å²) in [5.74, 6) is -0.729. The van der Waals surface area contributed by atoms with Crippen molar-refractivity contribution in [1.29, 1.82) is 0 Å². The first kappa shape index (κ1) is 41.3. The van der Waals surface area contributed by atoms with Gasteiger partial charge in [0.05, 0.1) is 28.0 Å². The van der Waals surface area contributed by atoms with Crippen LogP contribution in [0.5, 0.6) is 5.75 Å². The summed E-state index contributed by atoms with van der Waals surface area (Å²) in [7, 11) is -2.69. The molecule has 9 rings (SSSR count). The molecule has 0 aliphatic heterocycles. The fourth-order valence-electron chi connectivity index (χ4n) is 9.17. The first-order chi connectivity index (χ1) is 30.1. The molecule has 0 unspecified atom stereocenters. The van der Waals surface area contributed by atoms with E-state index in [0.29, 0.717) is 16.9 Å². The molecular weight excluding hydrogens is 801 g/mol. The normalized spacial score (nSPS) is 11.7. The minimum atomic E-state index is -3.96. The molecule has 0 bridgehead atoms. The summed E-state index contributed by atoms with van der Waals surface area (Å²) in [4.78, 5) is 25.7. The Labute approximate surface area is 367 Å². The Morgan fingerprint density at radius 2 is 0.968 bits per heavy atom. The fraction of sp³-hybridized carbons (Fsp3) is 0.143. The quantitative estimate of drug-likeness (QED) is 0.0902. The average molecular weight is 847 g/mol. The molecule has 6 nitrogen and oxygen atoms in total. The van der Waals surface area contributed by atoms with Crippen LogP contribution in [0.2, 0.25) is 0 Å². The van der Waals surface area contributed by atoms with Crippen LogP contribution in [0.1, 0.15) is 59.7 Å². The number of ether oxygens (including phenoxy) is 2. The van der Waals surface area contributed by atoms with Gasteiger partial charge >= 0.3 is 11.9 Å². The molecule has 63 heavy (non-hydrogen) atoms. The van der Waals surface area contributed by atoms with Gasteiger partial charge in [-0.25, -0.2) is 18.0 Å². The van der Waals surface area contributed by atoms with Crippen LogP contribution in [0.3, 0.4) is 0 Å². The van der Waals surface area contributed by atoms with Crippen LogP contribution in [0.25, 0.3) is 65.3 Å². The largest absolute Gasteiger partial charge is 0.465 e. The summed E-state index contributed by atoms with van der Waals surface area (Å²) >= 11 is 0. The number of hydrogen-bond acceptors (Lipinski definition) is 6. The second-order valence-corrected chi connectivity index (χ2v) is 18.8. The van der Waals surface area contributed by atoms with E-state index >= 15 is 0 Å². The SMILES string of the molecule is COC(=O)c1ccc(S(=O)(=O)c2ccc(C(=O)Oc3cc4ccc(-c5c6ccc(C)cc6c(-c6ccc7cc(C)cc(C)c7c6)c6ccc(C)cc56)cc4cc3C)cc2C)c(C)c1. The van der Waals surface area contributed by atoms with Crippen LogP contribution < -0.4 is 4.74 Å². The van der Waals surface area contributed by atoms with Crippen LogP contribution >= 0.6 is 0 Å². The molecule has 0 radical (unpaired) electrons. The highest BCUT2D eigenvalue weighted by atomic mass is 32.2. The number of carbonyl (C=O) groups is 2. The summed E-state index contributed by atoms with van der Waals surface area (Å²) in [6.45, 7) is 13.8. The number of methoxy groups -OCH3 is 1. The van der Waals surface area contributed by atoms with Gasteiger partial charge in [-0.15, -0.1) is 0 Å². The van der Waals surface area contributed by atoms with Crippen molar-refractivity contribution in [1.82, 2.24) is 0 Å². The third-order valence-electron chi connectivity index (χ3n) is 12.2. The molecule has 7 heteroatoms. The van der Waals surface area contributed by atoms with Gasteiger partial charge in [0.15, 0.2) is 0 Å². The average Bonchev–Trinajstić information content (AvgIpc) is 3.25. The van der Waals surface area contributed by atoms with Crippen molar-refractivity contribution in [2.75, 3.05) is 7.11 Å². The molecule has 0 saturated carbocycles. The highest BCUT2D eigenvalue weighted by molar-refractivity contribution is 7.91. The van der Waals surface area contributed by atoms with E-state index in [4.69, 9.17) is 9.47 Å². The van der Waals surface area contributed by atoms with Crippen molar-refractivity contribution in [3.63, 3.8) is 0 Å². The molecule has 0 heterocycles. The van der Waals surface area contributed by atoms with Crippen molar-refractivity contribution < 1.29 is 27.5 Å². The minimum Gasteiger partial charge on any atom is -0.465 e. The predicted molar refractivity (Wildman–Crippen MR) is 255 cm³/mol. The highest BCUT2D eigenvalue weighted by Gasteiger charge is 2.25. The standard InChI is InChI=1S/C56H46O6S/c1-31-10-18-46-48(23-31)53(45-17-9-32(2)24-49(45)54(46)41-14-12-39-22-33(3)21-34(4)47(39)29-41)40-13-11-38-30-50(35(5)25-44(38)28-40)62-56(58)43-16-20-52(37(7)27-43)63(59,60)51-19-15-42(26-36(51)6)55(57)61-8/h9-30H,1-8H3. The van der Waals surface area contributed by atoms with Crippen LogP contribution in [0.15, 0.2) is 143 Å². The maximum Gasteiger partial charge on any atom is 0.343 e. The van der Waals surface area contributed by atoms with Crippen molar-refractivity contribution >= 4 is 64.9 Å². The number of hydrogen-bond donors (Lipinski definition) is 0. The monoisotopic (exact) mass is 846 g/mol. The first-order valence-electron chi connectivity index (χ1n) is 20.9. The number of esters is 2. The van der Waals surface area contributed by atoms with Crippen molar-refractivity contribution in [2.45, 2.75) is 58.3 Å². The number of fused-ring (bicyclic) bond motifs is 4. The lowest BCUT2D eigenvalue weighted by Crippen LogP contribution is -2.12. The number of rotatable bonds is 7. The Kier molecular flexibility index (Phi) is 10.3. The van der Waals surface area contributed by atoms with E-state index in [1.54, 1.807) is 13.8 Å².